The van der Waals surface area contributed by atoms with Crippen LogP contribution in [0.2, 0.25) is 0 Å². The van der Waals surface area contributed by atoms with Crippen molar-refractivity contribution in [1.29, 1.82) is 0 Å². The Labute approximate surface area is 138 Å². The van der Waals surface area contributed by atoms with Gasteiger partial charge in [0.05, 0.1) is 0 Å². The molecule has 0 heterocycles. The summed E-state index contributed by atoms with van der Waals surface area (Å²) in [7, 11) is 0. The molecule has 12 heteroatoms. The molecule has 0 radical (unpaired) electrons. The molecule has 0 saturated heterocycles. The minimum Gasteiger partial charge on any atom is 0 e. The third-order valence-electron chi connectivity index (χ3n) is 0. The molecule has 0 aromatic rings. The largest absolute Gasteiger partial charge is 0 e. The van der Waals surface area contributed by atoms with Gasteiger partial charge in [-0.25, -0.2) is 0 Å². The molecule has 0 rings (SSSR count). The summed E-state index contributed by atoms with van der Waals surface area (Å²) in [6.07, 6.45) is 0. The van der Waals surface area contributed by atoms with Gasteiger partial charge in [0.25, 0.3) is 0 Å². The molecule has 0 bridgehead atoms. The van der Waals surface area contributed by atoms with E-state index in [9.17, 15) is 0 Å². The molecule has 12 heavy (non-hydrogen) atoms. The van der Waals surface area contributed by atoms with Crippen LogP contribution in [0.1, 0.15) is 0 Å². The fraction of sp³-hybridized carbons (Fsp3) is 0. The van der Waals surface area contributed by atoms with Crippen LogP contribution in [-0.2, 0) is 62.5 Å². The molecule has 8 N–H and O–H groups in total. The molecule has 0 aliphatic rings. The van der Waals surface area contributed by atoms with Crippen LogP contribution in [0, 0.1) is 0 Å². The smallest absolute Gasteiger partial charge is 0 e. The van der Waals surface area contributed by atoms with Gasteiger partial charge in [-0.2, -0.15) is 0 Å². The van der Waals surface area contributed by atoms with Gasteiger partial charge in [0.2, 0.25) is 0 Å². The van der Waals surface area contributed by atoms with E-state index in [0.29, 0.717) is 0 Å². The van der Waals surface area contributed by atoms with Gasteiger partial charge >= 0.3 is 115 Å². The molecule has 0 spiro atoms. The van der Waals surface area contributed by atoms with Crippen LogP contribution in [-0.4, -0.2) is 78.4 Å². The van der Waals surface area contributed by atoms with Crippen LogP contribution in [0.4, 0.5) is 0 Å². The van der Waals surface area contributed by atoms with Crippen molar-refractivity contribution < 1.29 is 92.0 Å². The average Bonchev–Trinajstić information content (AvgIpc) is 1.12. The second-order valence-corrected chi connectivity index (χ2v) is 4.95. The van der Waals surface area contributed by atoms with Crippen molar-refractivity contribution in [2.75, 3.05) is 0 Å². The van der Waals surface area contributed by atoms with Gasteiger partial charge in [0.1, 0.15) is 0 Å². The molecule has 0 fully saturated rings. The average molecular weight is 462 g/mol. The quantitative estimate of drug-likeness (QED) is 0.166. The van der Waals surface area contributed by atoms with Crippen LogP contribution in [0.25, 0.3) is 0 Å². The molecule has 0 aromatic carbocycles. The zero-order chi connectivity index (χ0) is 9.00. The number of rotatable bonds is 0. The van der Waals surface area contributed by atoms with Gasteiger partial charge < -0.3 is 0 Å². The minimum atomic E-state index is -5.00. The summed E-state index contributed by atoms with van der Waals surface area (Å²) in [5, 5.41) is 0. The van der Waals surface area contributed by atoms with Crippen LogP contribution >= 0.6 is 0 Å². The van der Waals surface area contributed by atoms with Gasteiger partial charge in [0.15, 0.2) is 0 Å². The normalized spacial score (nSPS) is 10.0. The molecule has 0 amide bonds. The summed E-state index contributed by atoms with van der Waals surface area (Å²) in [6, 6.07) is 0. The monoisotopic (exact) mass is 462 g/mol. The van der Waals surface area contributed by atoms with Gasteiger partial charge in [-0.1, -0.05) is 0 Å². The molecule has 0 unspecified atom stereocenters. The maximum atomic E-state index is 7.38. The first kappa shape index (κ1) is 24.7. The zero-order valence-corrected chi connectivity index (χ0v) is 10.7. The van der Waals surface area contributed by atoms with Crippen LogP contribution in [0.15, 0.2) is 0 Å². The first-order valence-electron chi connectivity index (χ1n) is 1.79. The molecule has 0 saturated carbocycles. The Bertz CT molecular complexity index is 60.0. The number of hydrogen-bond acceptors (Lipinski definition) is 8. The standard InChI is InChI=1S/Ba.8H2O.2Ti.Zr.2H/h;8*1H2;;;;;/q;;;;;;;;;2*+4;;;/p-8. The number of hydrogen-bond donors (Lipinski definition) is 8. The van der Waals surface area contributed by atoms with Crippen molar-refractivity contribution in [3.05, 3.63) is 0 Å². The van der Waals surface area contributed by atoms with E-state index < -0.39 is 36.3 Å². The van der Waals surface area contributed by atoms with E-state index in [4.69, 9.17) is 29.5 Å². The summed E-state index contributed by atoms with van der Waals surface area (Å²) in [4.78, 5) is 0. The van der Waals surface area contributed by atoms with Crippen molar-refractivity contribution in [3.63, 3.8) is 0 Å². The third kappa shape index (κ3) is 169. The summed E-state index contributed by atoms with van der Waals surface area (Å²) < 4.78 is 59.0. The Morgan fingerprint density at radius 1 is 0.500 bits per heavy atom. The maximum absolute atomic E-state index is 7.38. The Kier molecular flexibility index (Phi) is 22.8. The molecule has 0 aliphatic carbocycles. The third-order valence-corrected chi connectivity index (χ3v) is 0. The molecule has 0 atom stereocenters. The first-order chi connectivity index (χ1) is 4.00. The van der Waals surface area contributed by atoms with E-state index in [1.807, 2.05) is 0 Å². The summed E-state index contributed by atoms with van der Waals surface area (Å²) in [5.41, 5.74) is 0. The second kappa shape index (κ2) is 11.1. The zero-order valence-electron chi connectivity index (χ0n) is 5.08. The van der Waals surface area contributed by atoms with Crippen molar-refractivity contribution in [3.8, 4) is 0 Å². The van der Waals surface area contributed by atoms with Gasteiger partial charge in [-0.05, 0) is 0 Å². The van der Waals surface area contributed by atoms with Crippen LogP contribution in [0.3, 0.4) is 0 Å². The molecule has 0 aliphatic heterocycles. The van der Waals surface area contributed by atoms with Crippen molar-refractivity contribution >= 4 is 48.9 Å². The van der Waals surface area contributed by atoms with Crippen molar-refractivity contribution in [2.45, 2.75) is 0 Å². The van der Waals surface area contributed by atoms with Gasteiger partial charge in [-0.3, -0.25) is 0 Å². The van der Waals surface area contributed by atoms with Crippen LogP contribution in [0.5, 0.6) is 0 Å². The molecular formula is H10BaO8Ti2Zr. The maximum Gasteiger partial charge on any atom is 0 e. The summed E-state index contributed by atoms with van der Waals surface area (Å²) in [6.45, 7) is 0. The molecule has 8 nitrogen and oxygen atoms in total. The Morgan fingerprint density at radius 2 is 0.500 bits per heavy atom. The molecule has 72 valence electrons. The van der Waals surface area contributed by atoms with E-state index in [-0.39, 0.29) is 75.1 Å². The molecular weight excluding hydrogens is 452 g/mol. The Hall–Kier alpha value is 3.56. The van der Waals surface area contributed by atoms with E-state index in [1.165, 1.54) is 0 Å². The predicted octanol–water partition coefficient (Wildman–Crippen LogP) is -5.38. The summed E-state index contributed by atoms with van der Waals surface area (Å²) in [5.74, 6) is 0. The van der Waals surface area contributed by atoms with E-state index in [1.54, 1.807) is 0 Å². The van der Waals surface area contributed by atoms with Crippen LogP contribution < -0.4 is 0 Å². The topological polar surface area (TPSA) is 162 Å². The van der Waals surface area contributed by atoms with E-state index >= 15 is 0 Å². The SMILES string of the molecule is [BaH2].[OH][Ti]([OH])([OH])[OH].[OH][Ti]([OH])([OH])[OH].[Zr]. The second-order valence-electron chi connectivity index (χ2n) is 1.20. The van der Waals surface area contributed by atoms with E-state index in [2.05, 4.69) is 0 Å². The van der Waals surface area contributed by atoms with Gasteiger partial charge in [-0.15, -0.1) is 0 Å². The fourth-order valence-corrected chi connectivity index (χ4v) is 0. The molecule has 0 aromatic heterocycles. The van der Waals surface area contributed by atoms with Gasteiger partial charge in [0, 0.05) is 26.2 Å². The fourth-order valence-electron chi connectivity index (χ4n) is 0. The van der Waals surface area contributed by atoms with Crippen molar-refractivity contribution in [1.82, 2.24) is 0 Å². The summed E-state index contributed by atoms with van der Waals surface area (Å²) >= 11 is -10.0. The van der Waals surface area contributed by atoms with Crippen molar-refractivity contribution in [2.24, 2.45) is 0 Å². The van der Waals surface area contributed by atoms with E-state index in [0.717, 1.165) is 0 Å². The minimum absolute atomic E-state index is 0. The first-order valence-corrected chi connectivity index (χ1v) is 7.38. The predicted molar refractivity (Wildman–Crippen MR) is 26.3 cm³/mol. The Morgan fingerprint density at radius 3 is 0.500 bits per heavy atom. The Balaban J connectivity index is -0.0000000457.